The Morgan fingerprint density at radius 1 is 1.47 bits per heavy atom. The third kappa shape index (κ3) is 3.27. The average Bonchev–Trinajstić information content (AvgIpc) is 2.16. The van der Waals surface area contributed by atoms with Crippen molar-refractivity contribution >= 4 is 11.9 Å². The first-order valence-corrected chi connectivity index (χ1v) is 4.97. The van der Waals surface area contributed by atoms with Crippen LogP contribution in [0.3, 0.4) is 0 Å². The Morgan fingerprint density at radius 3 is 2.67 bits per heavy atom. The molecule has 5 nitrogen and oxygen atoms in total. The Balaban J connectivity index is 2.61. The summed E-state index contributed by atoms with van der Waals surface area (Å²) in [7, 11) is 0. The number of likely N-dealkylation sites (tertiary alicyclic amines) is 1. The van der Waals surface area contributed by atoms with E-state index in [1.54, 1.807) is 0 Å². The number of hydrogen-bond donors (Lipinski definition) is 2. The second-order valence-electron chi connectivity index (χ2n) is 3.88. The highest BCUT2D eigenvalue weighted by atomic mass is 16.4. The van der Waals surface area contributed by atoms with E-state index >= 15 is 0 Å². The Bertz CT molecular complexity index is 288. The molecule has 2 unspecified atom stereocenters. The molecular formula is C10H16N2O3. The number of hydrogen-bond acceptors (Lipinski definition) is 3. The highest BCUT2D eigenvalue weighted by molar-refractivity contribution is 5.79. The van der Waals surface area contributed by atoms with Gasteiger partial charge in [-0.05, 0) is 19.8 Å². The van der Waals surface area contributed by atoms with Crippen molar-refractivity contribution in [2.75, 3.05) is 6.54 Å². The van der Waals surface area contributed by atoms with Crippen LogP contribution >= 0.6 is 0 Å². The van der Waals surface area contributed by atoms with Gasteiger partial charge in [-0.1, -0.05) is 0 Å². The number of primary amides is 1. The highest BCUT2D eigenvalue weighted by Crippen LogP contribution is 2.21. The summed E-state index contributed by atoms with van der Waals surface area (Å²) in [6.45, 7) is 2.52. The molecule has 1 amide bonds. The van der Waals surface area contributed by atoms with Crippen LogP contribution in [0.5, 0.6) is 0 Å². The minimum Gasteiger partial charge on any atom is -0.478 e. The van der Waals surface area contributed by atoms with Gasteiger partial charge in [0, 0.05) is 24.9 Å². The second kappa shape index (κ2) is 4.82. The van der Waals surface area contributed by atoms with Crippen LogP contribution in [0.15, 0.2) is 12.3 Å². The molecule has 0 aromatic heterocycles. The smallest absolute Gasteiger partial charge is 0.329 e. The number of rotatable bonds is 3. The van der Waals surface area contributed by atoms with Gasteiger partial charge in [0.15, 0.2) is 0 Å². The largest absolute Gasteiger partial charge is 0.478 e. The van der Waals surface area contributed by atoms with Crippen molar-refractivity contribution < 1.29 is 14.7 Å². The van der Waals surface area contributed by atoms with E-state index in [1.165, 1.54) is 6.20 Å². The average molecular weight is 212 g/mol. The van der Waals surface area contributed by atoms with E-state index in [-0.39, 0.29) is 17.9 Å². The summed E-state index contributed by atoms with van der Waals surface area (Å²) in [6.07, 6.45) is 4.24. The van der Waals surface area contributed by atoms with Gasteiger partial charge in [0.25, 0.3) is 0 Å². The van der Waals surface area contributed by atoms with Crippen LogP contribution < -0.4 is 5.73 Å². The Labute approximate surface area is 88.5 Å². The van der Waals surface area contributed by atoms with Crippen molar-refractivity contribution in [2.45, 2.75) is 25.8 Å². The topological polar surface area (TPSA) is 83.6 Å². The van der Waals surface area contributed by atoms with Crippen LogP contribution in [0.25, 0.3) is 0 Å². The Kier molecular flexibility index (Phi) is 3.71. The normalized spacial score (nSPS) is 26.9. The molecule has 5 heteroatoms. The molecule has 1 saturated heterocycles. The van der Waals surface area contributed by atoms with Crippen LogP contribution in [0.4, 0.5) is 0 Å². The predicted octanol–water partition coefficient (Wildman–Crippen LogP) is 0.170. The third-order valence-electron chi connectivity index (χ3n) is 2.74. The zero-order chi connectivity index (χ0) is 11.4. The summed E-state index contributed by atoms with van der Waals surface area (Å²) < 4.78 is 0. The second-order valence-corrected chi connectivity index (χ2v) is 3.88. The minimum atomic E-state index is -0.983. The van der Waals surface area contributed by atoms with E-state index in [9.17, 15) is 9.59 Å². The maximum Gasteiger partial charge on any atom is 0.329 e. The third-order valence-corrected chi connectivity index (χ3v) is 2.74. The van der Waals surface area contributed by atoms with Gasteiger partial charge < -0.3 is 15.7 Å². The fourth-order valence-electron chi connectivity index (χ4n) is 1.73. The van der Waals surface area contributed by atoms with Gasteiger partial charge in [0.1, 0.15) is 0 Å². The summed E-state index contributed by atoms with van der Waals surface area (Å²) in [4.78, 5) is 23.2. The van der Waals surface area contributed by atoms with Gasteiger partial charge in [-0.3, -0.25) is 4.79 Å². The lowest BCUT2D eigenvalue weighted by molar-refractivity contribution is -0.131. The van der Waals surface area contributed by atoms with Gasteiger partial charge in [-0.15, -0.1) is 0 Å². The number of nitrogens with two attached hydrogens (primary N) is 1. The predicted molar refractivity (Wildman–Crippen MR) is 54.9 cm³/mol. The number of aliphatic carboxylic acids is 1. The van der Waals surface area contributed by atoms with E-state index in [2.05, 4.69) is 0 Å². The van der Waals surface area contributed by atoms with Crippen LogP contribution in [0, 0.1) is 5.92 Å². The zero-order valence-electron chi connectivity index (χ0n) is 8.72. The molecule has 1 aliphatic rings. The molecule has 3 N–H and O–H groups in total. The van der Waals surface area contributed by atoms with Crippen LogP contribution in [0.1, 0.15) is 19.8 Å². The number of carbonyl (C=O) groups excluding carboxylic acids is 1. The van der Waals surface area contributed by atoms with Gasteiger partial charge in [-0.2, -0.15) is 0 Å². The summed E-state index contributed by atoms with van der Waals surface area (Å²) in [5.74, 6) is -1.46. The van der Waals surface area contributed by atoms with E-state index < -0.39 is 5.97 Å². The molecule has 0 radical (unpaired) electrons. The van der Waals surface area contributed by atoms with Crippen molar-refractivity contribution in [1.82, 2.24) is 4.90 Å². The molecule has 0 spiro atoms. The van der Waals surface area contributed by atoms with Crippen LogP contribution in [0.2, 0.25) is 0 Å². The zero-order valence-corrected chi connectivity index (χ0v) is 8.72. The maximum atomic E-state index is 11.0. The van der Waals surface area contributed by atoms with Crippen molar-refractivity contribution in [3.8, 4) is 0 Å². The number of carboxylic acids is 1. The molecule has 0 aromatic rings. The summed E-state index contributed by atoms with van der Waals surface area (Å²) in [5.41, 5.74) is 5.22. The number of amides is 1. The fraction of sp³-hybridized carbons (Fsp3) is 0.600. The Morgan fingerprint density at radius 2 is 2.13 bits per heavy atom. The first kappa shape index (κ1) is 11.6. The first-order chi connectivity index (χ1) is 7.00. The lowest BCUT2D eigenvalue weighted by atomic mass is 9.93. The molecule has 1 heterocycles. The summed E-state index contributed by atoms with van der Waals surface area (Å²) >= 11 is 0. The summed E-state index contributed by atoms with van der Waals surface area (Å²) in [5, 5.41) is 8.50. The molecule has 1 fully saturated rings. The van der Waals surface area contributed by atoms with E-state index in [4.69, 9.17) is 10.8 Å². The number of carboxylic acid groups (broad SMARTS) is 1. The molecule has 0 aromatic carbocycles. The molecule has 2 atom stereocenters. The van der Waals surface area contributed by atoms with Crippen molar-refractivity contribution in [1.29, 1.82) is 0 Å². The van der Waals surface area contributed by atoms with Crippen LogP contribution in [-0.2, 0) is 9.59 Å². The molecule has 0 saturated carbocycles. The molecule has 1 aliphatic heterocycles. The Hall–Kier alpha value is -1.52. The monoisotopic (exact) mass is 212 g/mol. The van der Waals surface area contributed by atoms with E-state index in [0.717, 1.165) is 18.9 Å². The van der Waals surface area contributed by atoms with Crippen LogP contribution in [-0.4, -0.2) is 34.5 Å². The molecule has 15 heavy (non-hydrogen) atoms. The maximum absolute atomic E-state index is 11.0. The molecule has 0 bridgehead atoms. The van der Waals surface area contributed by atoms with Crippen molar-refractivity contribution in [2.24, 2.45) is 11.7 Å². The molecule has 1 rings (SSSR count). The van der Waals surface area contributed by atoms with Gasteiger partial charge >= 0.3 is 5.97 Å². The lowest BCUT2D eigenvalue weighted by Crippen LogP contribution is -2.43. The highest BCUT2D eigenvalue weighted by Gasteiger charge is 2.26. The van der Waals surface area contributed by atoms with Crippen molar-refractivity contribution in [3.63, 3.8) is 0 Å². The molecular weight excluding hydrogens is 196 g/mol. The minimum absolute atomic E-state index is 0.167. The SMILES string of the molecule is CC1CCC(C(N)=O)CN1/C=C/C(=O)O. The summed E-state index contributed by atoms with van der Waals surface area (Å²) in [6, 6.07) is 0.260. The van der Waals surface area contributed by atoms with E-state index in [1.807, 2.05) is 11.8 Å². The number of piperidine rings is 1. The van der Waals surface area contributed by atoms with Gasteiger partial charge in [0.2, 0.25) is 5.91 Å². The number of carbonyl (C=O) groups is 2. The van der Waals surface area contributed by atoms with Crippen molar-refractivity contribution in [3.05, 3.63) is 12.3 Å². The lowest BCUT2D eigenvalue weighted by Gasteiger charge is -2.35. The van der Waals surface area contributed by atoms with E-state index in [0.29, 0.717) is 6.54 Å². The molecule has 0 aliphatic carbocycles. The van der Waals surface area contributed by atoms with Gasteiger partial charge in [-0.25, -0.2) is 4.79 Å². The first-order valence-electron chi connectivity index (χ1n) is 4.97. The number of nitrogens with zero attached hydrogens (tertiary/aromatic N) is 1. The van der Waals surface area contributed by atoms with Gasteiger partial charge in [0.05, 0.1) is 5.92 Å². The molecule has 84 valence electrons. The fourth-order valence-corrected chi connectivity index (χ4v) is 1.73. The quantitative estimate of drug-likeness (QED) is 0.653. The standard InChI is InChI=1S/C10H16N2O3/c1-7-2-3-8(10(11)15)6-12(7)5-4-9(13)14/h4-5,7-8H,2-3,6H2,1H3,(H2,11,15)(H,13,14)/b5-4+.